The Morgan fingerprint density at radius 3 is 2.52 bits per heavy atom. The number of alkyl halides is 2. The molecule has 0 radical (unpaired) electrons. The molecule has 144 valence electrons. The summed E-state index contributed by atoms with van der Waals surface area (Å²) in [6, 6.07) is 1.59. The summed E-state index contributed by atoms with van der Waals surface area (Å²) < 4.78 is 56.6. The first-order valence-corrected chi connectivity index (χ1v) is 8.15. The highest BCUT2D eigenvalue weighted by atomic mass is 19.3. The van der Waals surface area contributed by atoms with Crippen LogP contribution in [0.15, 0.2) is 30.5 Å². The molecule has 1 saturated heterocycles. The first-order chi connectivity index (χ1) is 12.7. The van der Waals surface area contributed by atoms with Crippen molar-refractivity contribution in [1.82, 2.24) is 15.1 Å². The van der Waals surface area contributed by atoms with Crippen molar-refractivity contribution in [3.8, 4) is 0 Å². The molecular weight excluding hydrogens is 368 g/mol. The number of anilines is 1. The van der Waals surface area contributed by atoms with Gasteiger partial charge < -0.3 is 5.32 Å². The van der Waals surface area contributed by atoms with E-state index in [1.807, 2.05) is 5.32 Å². The normalized spacial score (nSPS) is 17.9. The maximum Gasteiger partial charge on any atom is 0.349 e. The lowest BCUT2D eigenvalue weighted by Crippen LogP contribution is -2.55. The number of amides is 2. The van der Waals surface area contributed by atoms with Crippen molar-refractivity contribution >= 4 is 17.6 Å². The lowest BCUT2D eigenvalue weighted by atomic mass is 10.0. The fourth-order valence-electron chi connectivity index (χ4n) is 2.90. The fourth-order valence-corrected chi connectivity index (χ4v) is 2.90. The molecule has 2 amide bonds. The molecule has 1 aromatic carbocycles. The zero-order chi connectivity index (χ0) is 19.8. The van der Waals surface area contributed by atoms with Crippen LogP contribution >= 0.6 is 0 Å². The number of benzene rings is 1. The van der Waals surface area contributed by atoms with Crippen molar-refractivity contribution in [2.24, 2.45) is 7.05 Å². The largest absolute Gasteiger partial charge is 0.349 e. The maximum absolute atomic E-state index is 14.3. The Morgan fingerprint density at radius 1 is 1.26 bits per heavy atom. The van der Waals surface area contributed by atoms with E-state index in [0.717, 1.165) is 0 Å². The number of nitrogens with zero attached hydrogens (tertiary/aromatic N) is 3. The van der Waals surface area contributed by atoms with Crippen molar-refractivity contribution in [1.29, 1.82) is 0 Å². The van der Waals surface area contributed by atoms with E-state index < -0.39 is 41.0 Å². The third-order valence-corrected chi connectivity index (χ3v) is 4.23. The smallest absolute Gasteiger partial charge is 0.339 e. The van der Waals surface area contributed by atoms with E-state index in [2.05, 4.69) is 5.10 Å². The zero-order valence-corrected chi connectivity index (χ0v) is 14.3. The van der Waals surface area contributed by atoms with Gasteiger partial charge in [0.15, 0.2) is 5.82 Å². The molecule has 0 spiro atoms. The molecule has 1 atom stereocenters. The molecule has 0 aliphatic carbocycles. The predicted molar refractivity (Wildman–Crippen MR) is 87.0 cm³/mol. The molecule has 1 aliphatic rings. The van der Waals surface area contributed by atoms with Gasteiger partial charge in [0, 0.05) is 37.5 Å². The topological polar surface area (TPSA) is 67.2 Å². The van der Waals surface area contributed by atoms with Gasteiger partial charge in [0.05, 0.1) is 0 Å². The van der Waals surface area contributed by atoms with Gasteiger partial charge in [0.1, 0.15) is 17.7 Å². The second-order valence-corrected chi connectivity index (χ2v) is 6.24. The van der Waals surface area contributed by atoms with Gasteiger partial charge in [-0.25, -0.2) is 8.78 Å². The van der Waals surface area contributed by atoms with Gasteiger partial charge in [-0.3, -0.25) is 19.2 Å². The summed E-state index contributed by atoms with van der Waals surface area (Å²) in [6.07, 6.45) is 2.26. The molecule has 0 bridgehead atoms. The van der Waals surface area contributed by atoms with Crippen LogP contribution in [0, 0.1) is 11.6 Å². The molecule has 2 aromatic rings. The monoisotopic (exact) mass is 384 g/mol. The quantitative estimate of drug-likeness (QED) is 0.821. The van der Waals surface area contributed by atoms with Gasteiger partial charge in [-0.1, -0.05) is 0 Å². The first-order valence-electron chi connectivity index (χ1n) is 8.15. The third kappa shape index (κ3) is 3.79. The molecule has 1 aliphatic heterocycles. The number of rotatable bonds is 4. The minimum Gasteiger partial charge on any atom is -0.339 e. The molecule has 1 aromatic heterocycles. The van der Waals surface area contributed by atoms with Crippen LogP contribution < -0.4 is 10.2 Å². The van der Waals surface area contributed by atoms with Gasteiger partial charge in [0.25, 0.3) is 11.8 Å². The highest BCUT2D eigenvalue weighted by Gasteiger charge is 2.44. The molecule has 27 heavy (non-hydrogen) atoms. The van der Waals surface area contributed by atoms with E-state index in [1.165, 1.54) is 9.58 Å². The molecular formula is C17H16F4N4O2. The van der Waals surface area contributed by atoms with Crippen molar-refractivity contribution in [2.75, 3.05) is 11.4 Å². The van der Waals surface area contributed by atoms with E-state index in [1.54, 1.807) is 19.3 Å². The van der Waals surface area contributed by atoms with Crippen molar-refractivity contribution in [3.63, 3.8) is 0 Å². The Bertz CT molecular complexity index is 863. The lowest BCUT2D eigenvalue weighted by molar-refractivity contribution is -0.149. The van der Waals surface area contributed by atoms with Gasteiger partial charge in [-0.2, -0.15) is 13.9 Å². The predicted octanol–water partition coefficient (Wildman–Crippen LogP) is 2.10. The Morgan fingerprint density at radius 2 is 1.93 bits per heavy atom. The summed E-state index contributed by atoms with van der Waals surface area (Å²) in [5.41, 5.74) is -1.12. The summed E-state index contributed by atoms with van der Waals surface area (Å²) in [4.78, 5) is 25.9. The molecule has 1 N–H and O–H groups in total. The second kappa shape index (κ2) is 7.01. The number of aryl methyl sites for hydroxylation is 1. The average Bonchev–Trinajstić information content (AvgIpc) is 3.02. The van der Waals surface area contributed by atoms with Crippen LogP contribution in [0.3, 0.4) is 0 Å². The van der Waals surface area contributed by atoms with E-state index in [9.17, 15) is 27.2 Å². The third-order valence-electron chi connectivity index (χ3n) is 4.23. The van der Waals surface area contributed by atoms with Crippen LogP contribution in [0.1, 0.15) is 18.4 Å². The van der Waals surface area contributed by atoms with Gasteiger partial charge >= 0.3 is 5.92 Å². The van der Waals surface area contributed by atoms with E-state index in [0.29, 0.717) is 37.0 Å². The number of piperidine rings is 1. The fraction of sp³-hybridized carbons (Fsp3) is 0.353. The number of halogens is 4. The van der Waals surface area contributed by atoms with Crippen LogP contribution in [0.25, 0.3) is 0 Å². The van der Waals surface area contributed by atoms with Gasteiger partial charge in [-0.05, 0) is 25.0 Å². The number of hydrogen-bond acceptors (Lipinski definition) is 3. The lowest BCUT2D eigenvalue weighted by Gasteiger charge is -2.32. The molecule has 3 rings (SSSR count). The second-order valence-electron chi connectivity index (χ2n) is 6.24. The zero-order valence-electron chi connectivity index (χ0n) is 14.3. The number of carbonyl (C=O) groups is 2. The van der Waals surface area contributed by atoms with Crippen molar-refractivity contribution in [3.05, 3.63) is 47.7 Å². The number of nitrogens with one attached hydrogen (secondary N) is 1. The average molecular weight is 384 g/mol. The Hall–Kier alpha value is -2.91. The minimum atomic E-state index is -4.20. The van der Waals surface area contributed by atoms with E-state index in [4.69, 9.17) is 0 Å². The highest BCUT2D eigenvalue weighted by molar-refractivity contribution is 6.00. The summed E-state index contributed by atoms with van der Waals surface area (Å²) in [5.74, 6) is -8.68. The van der Waals surface area contributed by atoms with Gasteiger partial charge in [0.2, 0.25) is 0 Å². The Labute approximate surface area is 151 Å². The molecule has 6 nitrogen and oxygen atoms in total. The van der Waals surface area contributed by atoms with Crippen LogP contribution in [0.4, 0.5) is 23.4 Å². The van der Waals surface area contributed by atoms with Crippen LogP contribution in [0.2, 0.25) is 0 Å². The van der Waals surface area contributed by atoms with E-state index in [-0.39, 0.29) is 6.42 Å². The van der Waals surface area contributed by atoms with Crippen LogP contribution in [-0.4, -0.2) is 34.2 Å². The standard InChI is InChI=1S/C17H16F4N4O2/c1-24-6-4-14(23-24)25-5-2-3-13(15(25)26)22-16(27)17(20,21)10-7-11(18)9-12(19)8-10/h4,6-9,13H,2-3,5H2,1H3,(H,22,27). The molecule has 1 fully saturated rings. The maximum atomic E-state index is 14.3. The first kappa shape index (κ1) is 18.9. The Kier molecular flexibility index (Phi) is 4.90. The van der Waals surface area contributed by atoms with Gasteiger partial charge in [-0.15, -0.1) is 0 Å². The molecule has 10 heteroatoms. The molecule has 0 saturated carbocycles. The Balaban J connectivity index is 1.77. The summed E-state index contributed by atoms with van der Waals surface area (Å²) >= 11 is 0. The number of aromatic nitrogens is 2. The SMILES string of the molecule is Cn1ccc(N2CCCC(NC(=O)C(F)(F)c3cc(F)cc(F)c3)C2=O)n1. The number of hydrogen-bond donors (Lipinski definition) is 1. The molecule has 2 heterocycles. The molecule has 1 unspecified atom stereocenters. The van der Waals surface area contributed by atoms with Crippen molar-refractivity contribution in [2.45, 2.75) is 24.8 Å². The van der Waals surface area contributed by atoms with Crippen LogP contribution in [0.5, 0.6) is 0 Å². The van der Waals surface area contributed by atoms with E-state index >= 15 is 0 Å². The number of carbonyl (C=O) groups excluding carboxylic acids is 2. The van der Waals surface area contributed by atoms with Crippen LogP contribution in [-0.2, 0) is 22.6 Å². The summed E-state index contributed by atoms with van der Waals surface area (Å²) in [6.45, 7) is 0.341. The van der Waals surface area contributed by atoms with Crippen molar-refractivity contribution < 1.29 is 27.2 Å². The minimum absolute atomic E-state index is 0.168. The highest BCUT2D eigenvalue weighted by Crippen LogP contribution is 2.30. The summed E-state index contributed by atoms with van der Waals surface area (Å²) in [5, 5.41) is 6.08. The summed E-state index contributed by atoms with van der Waals surface area (Å²) in [7, 11) is 1.66.